The van der Waals surface area contributed by atoms with Gasteiger partial charge in [0.1, 0.15) is 6.54 Å². The Morgan fingerprint density at radius 2 is 2.21 bits per heavy atom. The zero-order valence-electron chi connectivity index (χ0n) is 13.1. The largest absolute Gasteiger partial charge is 0.449 e. The number of carbonyl (C=O) groups is 1. The number of benzene rings is 1. The fraction of sp³-hybridized carbons (Fsp3) is 0.500. The first-order valence-corrected chi connectivity index (χ1v) is 7.79. The second-order valence-corrected chi connectivity index (χ2v) is 5.92. The highest BCUT2D eigenvalue weighted by molar-refractivity contribution is 5.81. The van der Waals surface area contributed by atoms with Gasteiger partial charge in [0.05, 0.1) is 23.2 Å². The third-order valence-electron chi connectivity index (χ3n) is 4.12. The molecule has 1 N–H and O–H groups in total. The number of hydrogen-bond donors (Lipinski definition) is 1. The Morgan fingerprint density at radius 1 is 1.46 bits per heavy atom. The number of carbonyl (C=O) groups excluding carboxylic acids is 1. The summed E-state index contributed by atoms with van der Waals surface area (Å²) in [4.78, 5) is 15.8. The number of para-hydroxylation sites is 2. The van der Waals surface area contributed by atoms with Crippen LogP contribution in [0.5, 0.6) is 0 Å². The summed E-state index contributed by atoms with van der Waals surface area (Å²) in [7, 11) is 0. The summed E-state index contributed by atoms with van der Waals surface area (Å²) in [6.07, 6.45) is -2.95. The zero-order valence-corrected chi connectivity index (χ0v) is 13.1. The Bertz CT molecular complexity index is 736. The lowest BCUT2D eigenvalue weighted by atomic mass is 10.1. The van der Waals surface area contributed by atoms with Crippen LogP contribution in [0.3, 0.4) is 0 Å². The van der Waals surface area contributed by atoms with Crippen LogP contribution in [0.1, 0.15) is 25.6 Å². The van der Waals surface area contributed by atoms with Crippen molar-refractivity contribution in [2.75, 3.05) is 6.61 Å². The van der Waals surface area contributed by atoms with Crippen LogP contribution in [0.2, 0.25) is 0 Å². The average molecular weight is 341 g/mol. The standard InChI is InChI=1S/C16H18F3N3O2/c1-10(13-7-4-8-24-13)20-14(23)9-22-12-6-3-2-5-11(12)21-15(22)16(17,18)19/h2-3,5-6,10,13H,4,7-9H2,1H3,(H,20,23)/t10-,13+/m0/s1. The maximum Gasteiger partial charge on any atom is 0.449 e. The van der Waals surface area contributed by atoms with E-state index in [1.807, 2.05) is 0 Å². The number of alkyl halides is 3. The van der Waals surface area contributed by atoms with Crippen molar-refractivity contribution in [3.8, 4) is 0 Å². The van der Waals surface area contributed by atoms with E-state index < -0.39 is 24.5 Å². The molecule has 1 fully saturated rings. The number of nitrogens with zero attached hydrogens (tertiary/aromatic N) is 2. The number of aromatic nitrogens is 2. The first-order chi connectivity index (χ1) is 11.4. The number of rotatable bonds is 4. The predicted octanol–water partition coefficient (Wildman–Crippen LogP) is 2.74. The molecule has 2 atom stereocenters. The molecule has 1 saturated heterocycles. The fourth-order valence-electron chi connectivity index (χ4n) is 2.98. The van der Waals surface area contributed by atoms with E-state index in [0.717, 1.165) is 17.4 Å². The molecule has 2 heterocycles. The summed E-state index contributed by atoms with van der Waals surface area (Å²) in [5.74, 6) is -1.56. The van der Waals surface area contributed by atoms with E-state index in [9.17, 15) is 18.0 Å². The molecular weight excluding hydrogens is 323 g/mol. The van der Waals surface area contributed by atoms with E-state index in [4.69, 9.17) is 4.74 Å². The minimum Gasteiger partial charge on any atom is -0.376 e. The Hall–Kier alpha value is -2.09. The van der Waals surface area contributed by atoms with Crippen molar-refractivity contribution in [1.82, 2.24) is 14.9 Å². The summed E-state index contributed by atoms with van der Waals surface area (Å²) in [5, 5.41) is 2.72. The third-order valence-corrected chi connectivity index (χ3v) is 4.12. The van der Waals surface area contributed by atoms with E-state index >= 15 is 0 Å². The number of halogens is 3. The van der Waals surface area contributed by atoms with Gasteiger partial charge in [-0.15, -0.1) is 0 Å². The van der Waals surface area contributed by atoms with Crippen LogP contribution in [0.25, 0.3) is 11.0 Å². The molecule has 24 heavy (non-hydrogen) atoms. The van der Waals surface area contributed by atoms with Crippen molar-refractivity contribution in [2.24, 2.45) is 0 Å². The molecule has 1 aromatic carbocycles. The number of imidazole rings is 1. The first kappa shape index (κ1) is 16.8. The fourth-order valence-corrected chi connectivity index (χ4v) is 2.98. The van der Waals surface area contributed by atoms with Crippen LogP contribution >= 0.6 is 0 Å². The highest BCUT2D eigenvalue weighted by Crippen LogP contribution is 2.31. The maximum atomic E-state index is 13.2. The molecule has 2 aromatic rings. The molecule has 3 rings (SSSR count). The van der Waals surface area contributed by atoms with Gasteiger partial charge in [0, 0.05) is 6.61 Å². The first-order valence-electron chi connectivity index (χ1n) is 7.79. The molecule has 1 aliphatic rings. The number of ether oxygens (including phenoxy) is 1. The van der Waals surface area contributed by atoms with Crippen LogP contribution < -0.4 is 5.32 Å². The van der Waals surface area contributed by atoms with E-state index in [2.05, 4.69) is 10.3 Å². The van der Waals surface area contributed by atoms with Crippen molar-refractivity contribution in [3.63, 3.8) is 0 Å². The van der Waals surface area contributed by atoms with Crippen molar-refractivity contribution < 1.29 is 22.7 Å². The lowest BCUT2D eigenvalue weighted by Crippen LogP contribution is -2.42. The van der Waals surface area contributed by atoms with Crippen molar-refractivity contribution >= 4 is 16.9 Å². The molecule has 8 heteroatoms. The minimum absolute atomic E-state index is 0.0874. The van der Waals surface area contributed by atoms with Crippen LogP contribution in [0.15, 0.2) is 24.3 Å². The van der Waals surface area contributed by atoms with Gasteiger partial charge in [0.25, 0.3) is 0 Å². The smallest absolute Gasteiger partial charge is 0.376 e. The van der Waals surface area contributed by atoms with E-state index in [1.54, 1.807) is 19.1 Å². The van der Waals surface area contributed by atoms with E-state index in [-0.39, 0.29) is 23.2 Å². The van der Waals surface area contributed by atoms with E-state index in [1.165, 1.54) is 12.1 Å². The summed E-state index contributed by atoms with van der Waals surface area (Å²) in [5.41, 5.74) is 0.495. The maximum absolute atomic E-state index is 13.2. The molecule has 1 aliphatic heterocycles. The van der Waals surface area contributed by atoms with Gasteiger partial charge >= 0.3 is 6.18 Å². The molecule has 0 aliphatic carbocycles. The molecule has 1 aromatic heterocycles. The van der Waals surface area contributed by atoms with Gasteiger partial charge in [-0.2, -0.15) is 13.2 Å². The zero-order chi connectivity index (χ0) is 17.3. The number of nitrogens with one attached hydrogen (secondary N) is 1. The quantitative estimate of drug-likeness (QED) is 0.930. The molecule has 130 valence electrons. The Labute approximate surface area is 136 Å². The molecule has 5 nitrogen and oxygen atoms in total. The van der Waals surface area contributed by atoms with Gasteiger partial charge in [0.2, 0.25) is 11.7 Å². The normalized spacial score (nSPS) is 19.6. The molecule has 0 bridgehead atoms. The predicted molar refractivity (Wildman–Crippen MR) is 81.3 cm³/mol. The molecule has 0 unspecified atom stereocenters. The number of amides is 1. The molecule has 0 radical (unpaired) electrons. The Morgan fingerprint density at radius 3 is 2.88 bits per heavy atom. The lowest BCUT2D eigenvalue weighted by molar-refractivity contribution is -0.147. The van der Waals surface area contributed by atoms with Crippen LogP contribution in [-0.4, -0.2) is 34.2 Å². The van der Waals surface area contributed by atoms with Crippen molar-refractivity contribution in [3.05, 3.63) is 30.1 Å². The van der Waals surface area contributed by atoms with Crippen molar-refractivity contribution in [1.29, 1.82) is 0 Å². The summed E-state index contributed by atoms with van der Waals surface area (Å²) < 4.78 is 46.0. The van der Waals surface area contributed by atoms with Crippen molar-refractivity contribution in [2.45, 2.75) is 44.6 Å². The number of hydrogen-bond acceptors (Lipinski definition) is 3. The summed E-state index contributed by atoms with van der Waals surface area (Å²) in [6, 6.07) is 6.00. The topological polar surface area (TPSA) is 56.2 Å². The summed E-state index contributed by atoms with van der Waals surface area (Å²) in [6.45, 7) is 2.01. The SMILES string of the molecule is C[C@H](NC(=O)Cn1c(C(F)(F)F)nc2ccccc21)[C@H]1CCCO1. The Balaban J connectivity index is 1.82. The van der Waals surface area contributed by atoms with Gasteiger partial charge in [-0.1, -0.05) is 12.1 Å². The molecule has 1 amide bonds. The van der Waals surface area contributed by atoms with Crippen LogP contribution in [-0.2, 0) is 22.3 Å². The van der Waals surface area contributed by atoms with Gasteiger partial charge in [-0.05, 0) is 31.9 Å². The third kappa shape index (κ3) is 3.38. The van der Waals surface area contributed by atoms with Crippen LogP contribution in [0, 0.1) is 0 Å². The lowest BCUT2D eigenvalue weighted by Gasteiger charge is -2.20. The van der Waals surface area contributed by atoms with Gasteiger partial charge in [-0.25, -0.2) is 4.98 Å². The molecule has 0 saturated carbocycles. The average Bonchev–Trinajstić information content (AvgIpc) is 3.15. The highest BCUT2D eigenvalue weighted by Gasteiger charge is 2.38. The monoisotopic (exact) mass is 341 g/mol. The number of fused-ring (bicyclic) bond motifs is 1. The second-order valence-electron chi connectivity index (χ2n) is 5.92. The van der Waals surface area contributed by atoms with Crippen LogP contribution in [0.4, 0.5) is 13.2 Å². The highest BCUT2D eigenvalue weighted by atomic mass is 19.4. The van der Waals surface area contributed by atoms with Gasteiger partial charge in [-0.3, -0.25) is 4.79 Å². The molecular formula is C16H18F3N3O2. The Kier molecular flexibility index (Phi) is 4.49. The van der Waals surface area contributed by atoms with E-state index in [0.29, 0.717) is 6.61 Å². The summed E-state index contributed by atoms with van der Waals surface area (Å²) >= 11 is 0. The van der Waals surface area contributed by atoms with Gasteiger partial charge in [0.15, 0.2) is 0 Å². The second kappa shape index (κ2) is 6.43. The van der Waals surface area contributed by atoms with Gasteiger partial charge < -0.3 is 14.6 Å². The molecule has 0 spiro atoms. The minimum atomic E-state index is -4.63.